The van der Waals surface area contributed by atoms with Crippen LogP contribution in [0, 0.1) is 19.8 Å². The van der Waals surface area contributed by atoms with Crippen LogP contribution in [0.15, 0.2) is 30.3 Å². The highest BCUT2D eigenvalue weighted by Crippen LogP contribution is 2.24. The molecule has 1 atom stereocenters. The number of nitrogens with zero attached hydrogens (tertiary/aromatic N) is 3. The van der Waals surface area contributed by atoms with Gasteiger partial charge in [-0.3, -0.25) is 4.68 Å². The van der Waals surface area contributed by atoms with Crippen molar-refractivity contribution in [3.8, 4) is 0 Å². The zero-order valence-electron chi connectivity index (χ0n) is 14.0. The zero-order chi connectivity index (χ0) is 16.4. The lowest BCUT2D eigenvalue weighted by Gasteiger charge is -2.18. The molecule has 1 aliphatic heterocycles. The molecule has 0 N–H and O–H groups in total. The molecule has 0 radical (unpaired) electrons. The van der Waals surface area contributed by atoms with Gasteiger partial charge in [0, 0.05) is 37.4 Å². The van der Waals surface area contributed by atoms with E-state index < -0.39 is 0 Å². The van der Waals surface area contributed by atoms with Crippen LogP contribution in [0.4, 0.5) is 5.69 Å². The number of aryl methyl sites for hydroxylation is 2. The number of benzene rings is 1. The Morgan fingerprint density at radius 2 is 2.04 bits per heavy atom. The molecule has 0 aliphatic carbocycles. The normalized spacial score (nSPS) is 17.5. The van der Waals surface area contributed by atoms with E-state index in [0.717, 1.165) is 30.9 Å². The van der Waals surface area contributed by atoms with Gasteiger partial charge in [0.2, 0.25) is 0 Å². The van der Waals surface area contributed by atoms with Gasteiger partial charge in [-0.05, 0) is 32.4 Å². The fourth-order valence-corrected chi connectivity index (χ4v) is 3.18. The Hall–Kier alpha value is -2.30. The average molecular weight is 313 g/mol. The lowest BCUT2D eigenvalue weighted by Crippen LogP contribution is -2.22. The van der Waals surface area contributed by atoms with Crippen molar-refractivity contribution >= 4 is 11.7 Å². The third kappa shape index (κ3) is 3.23. The second-order valence-corrected chi connectivity index (χ2v) is 6.20. The van der Waals surface area contributed by atoms with E-state index in [9.17, 15) is 4.79 Å². The summed E-state index contributed by atoms with van der Waals surface area (Å²) in [5.41, 5.74) is 3.42. The van der Waals surface area contributed by atoms with Gasteiger partial charge in [0.15, 0.2) is 0 Å². The highest BCUT2D eigenvalue weighted by atomic mass is 16.5. The molecular formula is C18H23N3O2. The first kappa shape index (κ1) is 15.6. The Morgan fingerprint density at radius 1 is 1.30 bits per heavy atom. The van der Waals surface area contributed by atoms with Crippen LogP contribution in [0.1, 0.15) is 28.2 Å². The first-order valence-corrected chi connectivity index (χ1v) is 8.03. The van der Waals surface area contributed by atoms with Crippen molar-refractivity contribution in [1.29, 1.82) is 0 Å². The number of hydrogen-bond acceptors (Lipinski definition) is 4. The quantitative estimate of drug-likeness (QED) is 0.814. The summed E-state index contributed by atoms with van der Waals surface area (Å²) in [6.07, 6.45) is 1.05. The number of esters is 1. The van der Waals surface area contributed by atoms with Crippen molar-refractivity contribution in [2.45, 2.75) is 20.3 Å². The average Bonchev–Trinajstić information content (AvgIpc) is 3.11. The van der Waals surface area contributed by atoms with Gasteiger partial charge in [-0.25, -0.2) is 4.79 Å². The molecule has 2 aromatic rings. The minimum absolute atomic E-state index is 0.258. The van der Waals surface area contributed by atoms with Crippen LogP contribution in [-0.2, 0) is 11.8 Å². The van der Waals surface area contributed by atoms with E-state index in [4.69, 9.17) is 4.74 Å². The molecule has 5 heteroatoms. The van der Waals surface area contributed by atoms with Crippen molar-refractivity contribution in [1.82, 2.24) is 9.78 Å². The first-order valence-electron chi connectivity index (χ1n) is 8.03. The third-order valence-corrected chi connectivity index (χ3v) is 4.57. The Balaban J connectivity index is 1.56. The van der Waals surface area contributed by atoms with Gasteiger partial charge >= 0.3 is 5.97 Å². The molecule has 23 heavy (non-hydrogen) atoms. The number of rotatable bonds is 4. The fraction of sp³-hybridized carbons (Fsp3) is 0.444. The lowest BCUT2D eigenvalue weighted by molar-refractivity contribution is 0.0449. The summed E-state index contributed by atoms with van der Waals surface area (Å²) < 4.78 is 7.27. The maximum absolute atomic E-state index is 12.3. The van der Waals surface area contributed by atoms with E-state index in [1.165, 1.54) is 5.69 Å². The molecule has 122 valence electrons. The van der Waals surface area contributed by atoms with E-state index in [-0.39, 0.29) is 5.97 Å². The van der Waals surface area contributed by atoms with Gasteiger partial charge < -0.3 is 9.64 Å². The maximum Gasteiger partial charge on any atom is 0.341 e. The van der Waals surface area contributed by atoms with Crippen molar-refractivity contribution in [2.24, 2.45) is 13.0 Å². The predicted molar refractivity (Wildman–Crippen MR) is 89.7 cm³/mol. The lowest BCUT2D eigenvalue weighted by atomic mass is 10.1. The van der Waals surface area contributed by atoms with Gasteiger partial charge in [0.1, 0.15) is 5.56 Å². The largest absolute Gasteiger partial charge is 0.462 e. The summed E-state index contributed by atoms with van der Waals surface area (Å²) in [5, 5.41) is 4.27. The van der Waals surface area contributed by atoms with Gasteiger partial charge in [0.05, 0.1) is 12.3 Å². The van der Waals surface area contributed by atoms with Crippen LogP contribution in [-0.4, -0.2) is 35.4 Å². The monoisotopic (exact) mass is 313 g/mol. The molecule has 0 amide bonds. The molecule has 3 rings (SSSR count). The number of para-hydroxylation sites is 1. The van der Waals surface area contributed by atoms with Gasteiger partial charge in [-0.2, -0.15) is 5.10 Å². The third-order valence-electron chi connectivity index (χ3n) is 4.57. The molecule has 1 aromatic heterocycles. The molecule has 0 bridgehead atoms. The fourth-order valence-electron chi connectivity index (χ4n) is 3.18. The number of aromatic nitrogens is 2. The molecule has 5 nitrogen and oxygen atoms in total. The van der Waals surface area contributed by atoms with Crippen LogP contribution >= 0.6 is 0 Å². The molecule has 1 aromatic carbocycles. The topological polar surface area (TPSA) is 47.4 Å². The van der Waals surface area contributed by atoms with Crippen molar-refractivity contribution in [3.05, 3.63) is 47.3 Å². The SMILES string of the molecule is Cc1nn(C)c(C)c1C(=O)OCC1CCN(c2ccccc2)C1. The number of carbonyl (C=O) groups is 1. The summed E-state index contributed by atoms with van der Waals surface area (Å²) in [6.45, 7) is 6.15. The molecule has 0 saturated carbocycles. The summed E-state index contributed by atoms with van der Waals surface area (Å²) in [7, 11) is 1.84. The smallest absolute Gasteiger partial charge is 0.341 e. The zero-order valence-corrected chi connectivity index (χ0v) is 14.0. The number of carbonyl (C=O) groups excluding carboxylic acids is 1. The number of ether oxygens (including phenoxy) is 1. The van der Waals surface area contributed by atoms with Crippen LogP contribution in [0.3, 0.4) is 0 Å². The highest BCUT2D eigenvalue weighted by molar-refractivity contribution is 5.91. The van der Waals surface area contributed by atoms with Gasteiger partial charge in [0.25, 0.3) is 0 Å². The van der Waals surface area contributed by atoms with E-state index in [0.29, 0.717) is 18.1 Å². The van der Waals surface area contributed by atoms with E-state index in [1.54, 1.807) is 4.68 Å². The summed E-state index contributed by atoms with van der Waals surface area (Å²) in [4.78, 5) is 14.7. The van der Waals surface area contributed by atoms with E-state index >= 15 is 0 Å². The second-order valence-electron chi connectivity index (χ2n) is 6.20. The maximum atomic E-state index is 12.3. The van der Waals surface area contributed by atoms with Crippen molar-refractivity contribution in [2.75, 3.05) is 24.6 Å². The molecule has 1 aliphatic rings. The minimum Gasteiger partial charge on any atom is -0.462 e. The summed E-state index contributed by atoms with van der Waals surface area (Å²) in [5.74, 6) is 0.128. The first-order chi connectivity index (χ1) is 11.1. The predicted octanol–water partition coefficient (Wildman–Crippen LogP) is 2.72. The van der Waals surface area contributed by atoms with Crippen LogP contribution in [0.2, 0.25) is 0 Å². The molecule has 1 fully saturated rings. The Bertz CT molecular complexity index is 694. The highest BCUT2D eigenvalue weighted by Gasteiger charge is 2.25. The minimum atomic E-state index is -0.258. The Morgan fingerprint density at radius 3 is 2.70 bits per heavy atom. The van der Waals surface area contributed by atoms with Crippen LogP contribution in [0.5, 0.6) is 0 Å². The molecule has 2 heterocycles. The summed E-state index contributed by atoms with van der Waals surface area (Å²) >= 11 is 0. The molecular weight excluding hydrogens is 290 g/mol. The Kier molecular flexibility index (Phi) is 4.37. The van der Waals surface area contributed by atoms with Crippen LogP contribution < -0.4 is 4.90 Å². The van der Waals surface area contributed by atoms with Crippen molar-refractivity contribution in [3.63, 3.8) is 0 Å². The van der Waals surface area contributed by atoms with E-state index in [2.05, 4.69) is 34.3 Å². The molecule has 1 saturated heterocycles. The number of hydrogen-bond donors (Lipinski definition) is 0. The summed E-state index contributed by atoms with van der Waals surface area (Å²) in [6, 6.07) is 10.4. The van der Waals surface area contributed by atoms with Crippen LogP contribution in [0.25, 0.3) is 0 Å². The van der Waals surface area contributed by atoms with Gasteiger partial charge in [-0.1, -0.05) is 18.2 Å². The molecule has 1 unspecified atom stereocenters. The standard InChI is InChI=1S/C18H23N3O2/c1-13-17(14(2)20(3)19-13)18(22)23-12-15-9-10-21(11-15)16-7-5-4-6-8-16/h4-8,15H,9-12H2,1-3H3. The number of anilines is 1. The van der Waals surface area contributed by atoms with Crippen molar-refractivity contribution < 1.29 is 9.53 Å². The Labute approximate surface area is 136 Å². The second kappa shape index (κ2) is 6.44. The van der Waals surface area contributed by atoms with E-state index in [1.807, 2.05) is 27.0 Å². The molecule has 0 spiro atoms. The van der Waals surface area contributed by atoms with Gasteiger partial charge in [-0.15, -0.1) is 0 Å².